The molecule has 2 amide bonds. The number of hydrogen-bond acceptors (Lipinski definition) is 5. The van der Waals surface area contributed by atoms with Crippen LogP contribution >= 0.6 is 0 Å². The quantitative estimate of drug-likeness (QED) is 0.558. The highest BCUT2D eigenvalue weighted by atomic mass is 16.6. The maximum atomic E-state index is 13.1. The van der Waals surface area contributed by atoms with Gasteiger partial charge in [-0.25, -0.2) is 4.79 Å². The van der Waals surface area contributed by atoms with E-state index in [0.29, 0.717) is 26.2 Å². The fourth-order valence-corrected chi connectivity index (χ4v) is 5.22. The van der Waals surface area contributed by atoms with Crippen LogP contribution in [0.4, 0.5) is 10.5 Å². The minimum atomic E-state index is -0.514. The Morgan fingerprint density at radius 1 is 1.08 bits per heavy atom. The molecule has 2 aromatic heterocycles. The SMILES string of the molecule is Cn1c2c(c3ccc(N4CCN(CCc5ccccn5)CC4=O)cc31)CN(C(=O)OC(C)(C)C)CC2. The van der Waals surface area contributed by atoms with E-state index in [-0.39, 0.29) is 12.0 Å². The first-order valence-corrected chi connectivity index (χ1v) is 12.7. The number of rotatable bonds is 4. The Bertz CT molecular complexity index is 1280. The standard InChI is InChI=1S/C28H35N5O3/c1-28(2,3)36-27(35)32-14-11-24-23(18-32)22-9-8-21(17-25(22)30(24)4)33-16-15-31(19-26(33)34)13-10-20-7-5-6-12-29-20/h5-9,12,17H,10-11,13-16,18-19H2,1-4H3. The van der Waals surface area contributed by atoms with Crippen molar-refractivity contribution in [3.05, 3.63) is 59.5 Å². The zero-order valence-corrected chi connectivity index (χ0v) is 21.7. The number of amides is 2. The number of aryl methyl sites for hydroxylation is 1. The summed E-state index contributed by atoms with van der Waals surface area (Å²) in [6.45, 7) is 9.60. The van der Waals surface area contributed by atoms with Gasteiger partial charge in [-0.15, -0.1) is 0 Å². The van der Waals surface area contributed by atoms with Gasteiger partial charge >= 0.3 is 6.09 Å². The molecule has 2 aliphatic rings. The molecule has 4 heterocycles. The lowest BCUT2D eigenvalue weighted by Gasteiger charge is -2.34. The Kier molecular flexibility index (Phi) is 6.47. The highest BCUT2D eigenvalue weighted by Crippen LogP contribution is 2.33. The number of carbonyl (C=O) groups is 2. The molecule has 0 radical (unpaired) electrons. The van der Waals surface area contributed by atoms with Crippen molar-refractivity contribution in [3.8, 4) is 0 Å². The lowest BCUT2D eigenvalue weighted by molar-refractivity contribution is -0.121. The lowest BCUT2D eigenvalue weighted by atomic mass is 10.0. The molecular weight excluding hydrogens is 454 g/mol. The van der Waals surface area contributed by atoms with E-state index in [0.717, 1.165) is 48.2 Å². The van der Waals surface area contributed by atoms with Crippen LogP contribution in [-0.4, -0.2) is 69.7 Å². The van der Waals surface area contributed by atoms with Crippen LogP contribution in [0.15, 0.2) is 42.6 Å². The van der Waals surface area contributed by atoms with E-state index in [4.69, 9.17) is 4.74 Å². The normalized spacial score (nSPS) is 16.9. The van der Waals surface area contributed by atoms with Crippen LogP contribution in [0, 0.1) is 0 Å². The second-order valence-corrected chi connectivity index (χ2v) is 10.7. The molecule has 8 heteroatoms. The van der Waals surface area contributed by atoms with E-state index >= 15 is 0 Å². The number of benzene rings is 1. The van der Waals surface area contributed by atoms with Crippen LogP contribution < -0.4 is 4.90 Å². The van der Waals surface area contributed by atoms with Crippen molar-refractivity contribution >= 4 is 28.6 Å². The molecule has 0 unspecified atom stereocenters. The lowest BCUT2D eigenvalue weighted by Crippen LogP contribution is -2.50. The molecule has 1 fully saturated rings. The summed E-state index contributed by atoms with van der Waals surface area (Å²) in [6.07, 6.45) is 3.16. The Balaban J connectivity index is 1.29. The average molecular weight is 490 g/mol. The average Bonchev–Trinajstić information content (AvgIpc) is 3.13. The van der Waals surface area contributed by atoms with Gasteiger partial charge in [0.1, 0.15) is 5.60 Å². The largest absolute Gasteiger partial charge is 0.444 e. The van der Waals surface area contributed by atoms with E-state index in [9.17, 15) is 9.59 Å². The second-order valence-electron chi connectivity index (χ2n) is 10.7. The van der Waals surface area contributed by atoms with Crippen LogP contribution in [0.25, 0.3) is 10.9 Å². The van der Waals surface area contributed by atoms with Crippen molar-refractivity contribution in [3.63, 3.8) is 0 Å². The molecule has 190 valence electrons. The van der Waals surface area contributed by atoms with Crippen LogP contribution in [-0.2, 0) is 36.0 Å². The number of aromatic nitrogens is 2. The molecule has 0 spiro atoms. The van der Waals surface area contributed by atoms with E-state index in [1.165, 1.54) is 11.3 Å². The zero-order valence-electron chi connectivity index (χ0n) is 21.7. The van der Waals surface area contributed by atoms with Crippen LogP contribution in [0.5, 0.6) is 0 Å². The van der Waals surface area contributed by atoms with Gasteiger partial charge in [0.2, 0.25) is 5.91 Å². The minimum absolute atomic E-state index is 0.122. The molecule has 0 aliphatic carbocycles. The zero-order chi connectivity index (χ0) is 25.4. The Morgan fingerprint density at radius 3 is 2.64 bits per heavy atom. The fraction of sp³-hybridized carbons (Fsp3) is 0.464. The van der Waals surface area contributed by atoms with Crippen molar-refractivity contribution in [2.24, 2.45) is 7.05 Å². The van der Waals surface area contributed by atoms with Gasteiger partial charge in [0.15, 0.2) is 0 Å². The highest BCUT2D eigenvalue weighted by Gasteiger charge is 2.30. The minimum Gasteiger partial charge on any atom is -0.444 e. The van der Waals surface area contributed by atoms with Gasteiger partial charge < -0.3 is 19.1 Å². The van der Waals surface area contributed by atoms with E-state index in [2.05, 4.69) is 33.6 Å². The summed E-state index contributed by atoms with van der Waals surface area (Å²) in [6, 6.07) is 12.2. The third-order valence-corrected chi connectivity index (χ3v) is 7.06. The van der Waals surface area contributed by atoms with Gasteiger partial charge in [-0.3, -0.25) is 14.7 Å². The summed E-state index contributed by atoms with van der Waals surface area (Å²) in [4.78, 5) is 36.0. The number of anilines is 1. The smallest absolute Gasteiger partial charge is 0.410 e. The molecular formula is C28H35N5O3. The maximum Gasteiger partial charge on any atom is 0.410 e. The van der Waals surface area contributed by atoms with Crippen molar-refractivity contribution in [2.45, 2.75) is 45.8 Å². The Morgan fingerprint density at radius 2 is 1.92 bits per heavy atom. The van der Waals surface area contributed by atoms with Gasteiger partial charge in [-0.1, -0.05) is 12.1 Å². The summed E-state index contributed by atoms with van der Waals surface area (Å²) < 4.78 is 7.82. The number of fused-ring (bicyclic) bond motifs is 3. The summed E-state index contributed by atoms with van der Waals surface area (Å²) >= 11 is 0. The summed E-state index contributed by atoms with van der Waals surface area (Å²) in [7, 11) is 2.07. The molecule has 36 heavy (non-hydrogen) atoms. The van der Waals surface area contributed by atoms with Crippen LogP contribution in [0.2, 0.25) is 0 Å². The fourth-order valence-electron chi connectivity index (χ4n) is 5.22. The van der Waals surface area contributed by atoms with Crippen molar-refractivity contribution in [1.29, 1.82) is 0 Å². The molecule has 0 saturated carbocycles. The summed E-state index contributed by atoms with van der Waals surface area (Å²) in [5, 5.41) is 1.13. The predicted octanol–water partition coefficient (Wildman–Crippen LogP) is 3.76. The number of pyridine rings is 1. The van der Waals surface area contributed by atoms with E-state index < -0.39 is 5.60 Å². The molecule has 1 aromatic carbocycles. The molecule has 8 nitrogen and oxygen atoms in total. The van der Waals surface area contributed by atoms with Gasteiger partial charge in [0, 0.05) is 80.3 Å². The Hall–Kier alpha value is -3.39. The van der Waals surface area contributed by atoms with Crippen LogP contribution in [0.1, 0.15) is 37.7 Å². The number of carbonyl (C=O) groups excluding carboxylic acids is 2. The third kappa shape index (κ3) is 4.95. The third-order valence-electron chi connectivity index (χ3n) is 7.06. The van der Waals surface area contributed by atoms with Crippen molar-refractivity contribution in [1.82, 2.24) is 19.4 Å². The molecule has 1 saturated heterocycles. The Labute approximate surface area is 212 Å². The van der Waals surface area contributed by atoms with Gasteiger partial charge in [-0.05, 0) is 45.0 Å². The van der Waals surface area contributed by atoms with Gasteiger partial charge in [-0.2, -0.15) is 0 Å². The molecule has 3 aromatic rings. The summed E-state index contributed by atoms with van der Waals surface area (Å²) in [5.74, 6) is 0.122. The molecule has 0 N–H and O–H groups in total. The van der Waals surface area contributed by atoms with Crippen molar-refractivity contribution in [2.75, 3.05) is 37.6 Å². The van der Waals surface area contributed by atoms with Crippen molar-refractivity contribution < 1.29 is 14.3 Å². The molecule has 0 bridgehead atoms. The van der Waals surface area contributed by atoms with Gasteiger partial charge in [0.25, 0.3) is 0 Å². The number of piperazine rings is 1. The summed E-state index contributed by atoms with van der Waals surface area (Å²) in [5.41, 5.74) is 4.97. The second kappa shape index (κ2) is 9.58. The molecule has 5 rings (SSSR count). The van der Waals surface area contributed by atoms with E-state index in [1.807, 2.05) is 56.1 Å². The van der Waals surface area contributed by atoms with Gasteiger partial charge in [0.05, 0.1) is 18.6 Å². The van der Waals surface area contributed by atoms with Crippen LogP contribution in [0.3, 0.4) is 0 Å². The van der Waals surface area contributed by atoms with E-state index in [1.54, 1.807) is 4.90 Å². The number of nitrogens with zero attached hydrogens (tertiary/aromatic N) is 5. The molecule has 2 aliphatic heterocycles. The number of hydrogen-bond donors (Lipinski definition) is 0. The maximum absolute atomic E-state index is 13.1. The first-order valence-electron chi connectivity index (χ1n) is 12.7. The number of ether oxygens (including phenoxy) is 1. The molecule has 0 atom stereocenters. The predicted molar refractivity (Wildman–Crippen MR) is 140 cm³/mol. The topological polar surface area (TPSA) is 70.9 Å². The monoisotopic (exact) mass is 489 g/mol. The first-order chi connectivity index (χ1) is 17.2. The first kappa shape index (κ1) is 24.3. The highest BCUT2D eigenvalue weighted by molar-refractivity contribution is 5.98.